The zero-order valence-corrected chi connectivity index (χ0v) is 14.0. The molecule has 3 aromatic rings. The summed E-state index contributed by atoms with van der Waals surface area (Å²) in [6, 6.07) is 19.1. The Labute approximate surface area is 145 Å². The molecule has 0 aliphatic heterocycles. The van der Waals surface area contributed by atoms with Crippen LogP contribution in [0.5, 0.6) is 0 Å². The fourth-order valence-corrected chi connectivity index (χ4v) is 3.49. The second-order valence-electron chi connectivity index (χ2n) is 6.31. The Kier molecular flexibility index (Phi) is 3.46. The molecule has 4 nitrogen and oxygen atoms in total. The number of nitro benzene ring substituents is 1. The largest absolute Gasteiger partial charge is 0.277 e. The van der Waals surface area contributed by atoms with E-state index in [1.165, 1.54) is 0 Å². The predicted molar refractivity (Wildman–Crippen MR) is 99.7 cm³/mol. The van der Waals surface area contributed by atoms with E-state index in [9.17, 15) is 10.1 Å². The summed E-state index contributed by atoms with van der Waals surface area (Å²) in [7, 11) is 0. The second-order valence-corrected chi connectivity index (χ2v) is 6.31. The fourth-order valence-electron chi connectivity index (χ4n) is 3.49. The molecule has 4 heteroatoms. The topological polar surface area (TPSA) is 55.5 Å². The zero-order chi connectivity index (χ0) is 17.6. The number of nitrogens with zero attached hydrogens (tertiary/aromatic N) is 2. The molecule has 0 N–H and O–H groups in total. The highest BCUT2D eigenvalue weighted by Gasteiger charge is 2.31. The van der Waals surface area contributed by atoms with Crippen molar-refractivity contribution < 1.29 is 4.92 Å². The summed E-state index contributed by atoms with van der Waals surface area (Å²) in [5.74, 6) is 0. The number of hydrogen-bond donors (Lipinski definition) is 0. The van der Waals surface area contributed by atoms with E-state index in [4.69, 9.17) is 4.99 Å². The Bertz CT molecular complexity index is 1030. The standard InChI is InChI=1S/C21H16N2O2/c1-13-10-14(2)12-15(11-13)22-21-17-7-4-3-6-16(17)20-18(21)8-5-9-19(20)23(24)25/h3-12H,1-2H3/b22-21+. The van der Waals surface area contributed by atoms with Crippen LogP contribution < -0.4 is 0 Å². The summed E-state index contributed by atoms with van der Waals surface area (Å²) in [5, 5.41) is 11.5. The lowest BCUT2D eigenvalue weighted by molar-refractivity contribution is -0.384. The van der Waals surface area contributed by atoms with Crippen LogP contribution in [0.15, 0.2) is 65.7 Å². The van der Waals surface area contributed by atoms with E-state index in [0.717, 1.165) is 39.2 Å². The predicted octanol–water partition coefficient (Wildman–Crippen LogP) is 5.36. The Balaban J connectivity index is 2.01. The lowest BCUT2D eigenvalue weighted by atomic mass is 10.0. The van der Waals surface area contributed by atoms with Crippen molar-refractivity contribution in [2.45, 2.75) is 13.8 Å². The zero-order valence-electron chi connectivity index (χ0n) is 14.0. The van der Waals surface area contributed by atoms with Gasteiger partial charge >= 0.3 is 0 Å². The second kappa shape index (κ2) is 5.67. The molecule has 0 radical (unpaired) electrons. The van der Waals surface area contributed by atoms with Gasteiger partial charge in [-0.3, -0.25) is 10.1 Å². The van der Waals surface area contributed by atoms with Gasteiger partial charge in [0, 0.05) is 17.2 Å². The number of aliphatic imine (C=N–C) groups is 1. The third kappa shape index (κ3) is 2.52. The Morgan fingerprint density at radius 1 is 0.840 bits per heavy atom. The molecule has 0 heterocycles. The van der Waals surface area contributed by atoms with Gasteiger partial charge in [0.15, 0.2) is 0 Å². The van der Waals surface area contributed by atoms with Crippen LogP contribution in [0, 0.1) is 24.0 Å². The SMILES string of the molecule is Cc1cc(C)cc(/N=C2\c3ccccc3-c3c2cccc3[N+](=O)[O-])c1. The molecule has 0 amide bonds. The average Bonchev–Trinajstić information content (AvgIpc) is 2.88. The molecular formula is C21H16N2O2. The molecule has 3 aromatic carbocycles. The van der Waals surface area contributed by atoms with Crippen molar-refractivity contribution >= 4 is 17.1 Å². The number of hydrogen-bond acceptors (Lipinski definition) is 3. The van der Waals surface area contributed by atoms with Crippen LogP contribution >= 0.6 is 0 Å². The van der Waals surface area contributed by atoms with E-state index in [0.29, 0.717) is 5.56 Å². The molecule has 0 unspecified atom stereocenters. The highest BCUT2D eigenvalue weighted by Crippen LogP contribution is 2.43. The monoisotopic (exact) mass is 328 g/mol. The van der Waals surface area contributed by atoms with Crippen molar-refractivity contribution in [1.29, 1.82) is 0 Å². The van der Waals surface area contributed by atoms with Gasteiger partial charge in [-0.2, -0.15) is 0 Å². The van der Waals surface area contributed by atoms with E-state index >= 15 is 0 Å². The molecule has 0 saturated heterocycles. The van der Waals surface area contributed by atoms with Crippen molar-refractivity contribution in [3.8, 4) is 11.1 Å². The number of aryl methyl sites for hydroxylation is 2. The van der Waals surface area contributed by atoms with Gasteiger partial charge in [0.2, 0.25) is 0 Å². The van der Waals surface area contributed by atoms with Crippen LogP contribution in [-0.2, 0) is 0 Å². The van der Waals surface area contributed by atoms with Gasteiger partial charge in [0.1, 0.15) is 0 Å². The van der Waals surface area contributed by atoms with Gasteiger partial charge in [0.25, 0.3) is 5.69 Å². The van der Waals surface area contributed by atoms with E-state index in [1.54, 1.807) is 12.1 Å². The Morgan fingerprint density at radius 2 is 1.48 bits per heavy atom. The smallest absolute Gasteiger partial charge is 0.258 e. The Morgan fingerprint density at radius 3 is 2.16 bits per heavy atom. The lowest BCUT2D eigenvalue weighted by Gasteiger charge is -2.04. The van der Waals surface area contributed by atoms with Crippen molar-refractivity contribution in [2.24, 2.45) is 4.99 Å². The minimum Gasteiger partial charge on any atom is -0.258 e. The summed E-state index contributed by atoms with van der Waals surface area (Å²) < 4.78 is 0. The quantitative estimate of drug-likeness (QED) is 0.367. The first-order valence-corrected chi connectivity index (χ1v) is 8.09. The molecule has 0 bridgehead atoms. The number of fused-ring (bicyclic) bond motifs is 3. The van der Waals surface area contributed by atoms with Gasteiger partial charge in [-0.25, -0.2) is 4.99 Å². The van der Waals surface area contributed by atoms with Crippen molar-refractivity contribution in [1.82, 2.24) is 0 Å². The van der Waals surface area contributed by atoms with Crippen LogP contribution in [0.25, 0.3) is 11.1 Å². The molecule has 4 rings (SSSR count). The van der Waals surface area contributed by atoms with Gasteiger partial charge in [-0.1, -0.05) is 42.5 Å². The number of rotatable bonds is 2. The summed E-state index contributed by atoms with van der Waals surface area (Å²) in [5.41, 5.74) is 7.34. The maximum atomic E-state index is 11.5. The van der Waals surface area contributed by atoms with Crippen LogP contribution in [0.2, 0.25) is 0 Å². The number of benzene rings is 3. The van der Waals surface area contributed by atoms with Crippen LogP contribution in [0.3, 0.4) is 0 Å². The molecular weight excluding hydrogens is 312 g/mol. The fraction of sp³-hybridized carbons (Fsp3) is 0.0952. The van der Waals surface area contributed by atoms with Crippen molar-refractivity contribution in [3.05, 3.63) is 93.0 Å². The minimum atomic E-state index is -0.324. The van der Waals surface area contributed by atoms with E-state index in [-0.39, 0.29) is 10.6 Å². The molecule has 0 atom stereocenters. The van der Waals surface area contributed by atoms with Crippen LogP contribution in [0.1, 0.15) is 22.3 Å². The highest BCUT2D eigenvalue weighted by molar-refractivity contribution is 6.26. The molecule has 0 aromatic heterocycles. The van der Waals surface area contributed by atoms with Crippen LogP contribution in [-0.4, -0.2) is 10.6 Å². The Hall–Kier alpha value is -3.27. The molecule has 1 aliphatic carbocycles. The highest BCUT2D eigenvalue weighted by atomic mass is 16.6. The maximum absolute atomic E-state index is 11.5. The molecule has 122 valence electrons. The summed E-state index contributed by atoms with van der Waals surface area (Å²) in [6.45, 7) is 4.08. The summed E-state index contributed by atoms with van der Waals surface area (Å²) in [4.78, 5) is 16.0. The summed E-state index contributed by atoms with van der Waals surface area (Å²) in [6.07, 6.45) is 0. The molecule has 1 aliphatic rings. The third-order valence-electron chi connectivity index (χ3n) is 4.39. The average molecular weight is 328 g/mol. The molecule has 0 fully saturated rings. The van der Waals surface area contributed by atoms with Gasteiger partial charge in [-0.05, 0) is 42.7 Å². The lowest BCUT2D eigenvalue weighted by Crippen LogP contribution is -1.98. The summed E-state index contributed by atoms with van der Waals surface area (Å²) >= 11 is 0. The molecule has 25 heavy (non-hydrogen) atoms. The van der Waals surface area contributed by atoms with Gasteiger partial charge in [0.05, 0.1) is 21.9 Å². The first kappa shape index (κ1) is 15.3. The van der Waals surface area contributed by atoms with Crippen molar-refractivity contribution in [2.75, 3.05) is 0 Å². The first-order valence-electron chi connectivity index (χ1n) is 8.09. The van der Waals surface area contributed by atoms with E-state index in [2.05, 4.69) is 6.07 Å². The van der Waals surface area contributed by atoms with E-state index in [1.807, 2.05) is 56.3 Å². The van der Waals surface area contributed by atoms with Crippen molar-refractivity contribution in [3.63, 3.8) is 0 Å². The minimum absolute atomic E-state index is 0.121. The molecule has 0 spiro atoms. The van der Waals surface area contributed by atoms with Gasteiger partial charge in [-0.15, -0.1) is 0 Å². The normalized spacial score (nSPS) is 13.6. The van der Waals surface area contributed by atoms with Gasteiger partial charge < -0.3 is 0 Å². The third-order valence-corrected chi connectivity index (χ3v) is 4.39. The number of nitro groups is 1. The van der Waals surface area contributed by atoms with Crippen LogP contribution in [0.4, 0.5) is 11.4 Å². The van der Waals surface area contributed by atoms with E-state index < -0.39 is 0 Å². The first-order chi connectivity index (χ1) is 12.0. The molecule has 0 saturated carbocycles. The maximum Gasteiger partial charge on any atom is 0.277 e.